The fourth-order valence-corrected chi connectivity index (χ4v) is 3.73. The number of thioether (sulfide) groups is 1. The van der Waals surface area contributed by atoms with E-state index in [1.807, 2.05) is 11.8 Å². The SMILES string of the molecule is CCCCCCCCCN1CCC(CN)(SC)CC1. The van der Waals surface area contributed by atoms with Gasteiger partial charge in [-0.1, -0.05) is 45.4 Å². The lowest BCUT2D eigenvalue weighted by atomic mass is 9.95. The van der Waals surface area contributed by atoms with Gasteiger partial charge in [-0.25, -0.2) is 0 Å². The van der Waals surface area contributed by atoms with E-state index in [1.54, 1.807) is 0 Å². The molecule has 0 unspecified atom stereocenters. The lowest BCUT2D eigenvalue weighted by Gasteiger charge is -2.40. The molecule has 0 atom stereocenters. The molecule has 1 aliphatic rings. The number of likely N-dealkylation sites (tertiary alicyclic amines) is 1. The molecule has 1 fully saturated rings. The van der Waals surface area contributed by atoms with Crippen molar-refractivity contribution in [2.24, 2.45) is 5.73 Å². The Hall–Kier alpha value is 0.270. The van der Waals surface area contributed by atoms with Crippen molar-refractivity contribution >= 4 is 11.8 Å². The highest BCUT2D eigenvalue weighted by Gasteiger charge is 2.32. The molecule has 114 valence electrons. The van der Waals surface area contributed by atoms with Crippen LogP contribution in [0.3, 0.4) is 0 Å². The van der Waals surface area contributed by atoms with E-state index in [0.29, 0.717) is 4.75 Å². The third kappa shape index (κ3) is 6.50. The predicted octanol–water partition coefficient (Wildman–Crippen LogP) is 3.89. The van der Waals surface area contributed by atoms with Gasteiger partial charge < -0.3 is 10.6 Å². The topological polar surface area (TPSA) is 29.3 Å². The molecule has 1 heterocycles. The van der Waals surface area contributed by atoms with Gasteiger partial charge in [-0.2, -0.15) is 11.8 Å². The van der Waals surface area contributed by atoms with Gasteiger partial charge in [-0.3, -0.25) is 0 Å². The van der Waals surface area contributed by atoms with Crippen LogP contribution in [0.5, 0.6) is 0 Å². The summed E-state index contributed by atoms with van der Waals surface area (Å²) in [6.07, 6.45) is 14.7. The van der Waals surface area contributed by atoms with Crippen molar-refractivity contribution in [3.63, 3.8) is 0 Å². The highest BCUT2D eigenvalue weighted by molar-refractivity contribution is 8.00. The van der Waals surface area contributed by atoms with Crippen LogP contribution in [0.4, 0.5) is 0 Å². The molecule has 0 bridgehead atoms. The molecule has 19 heavy (non-hydrogen) atoms. The first-order valence-electron chi connectivity index (χ1n) is 8.24. The number of hydrogen-bond acceptors (Lipinski definition) is 3. The number of hydrogen-bond donors (Lipinski definition) is 1. The van der Waals surface area contributed by atoms with E-state index < -0.39 is 0 Å². The van der Waals surface area contributed by atoms with Crippen molar-refractivity contribution in [1.29, 1.82) is 0 Å². The van der Waals surface area contributed by atoms with Gasteiger partial charge in [0.25, 0.3) is 0 Å². The molecule has 0 aliphatic carbocycles. The number of nitrogens with zero attached hydrogens (tertiary/aromatic N) is 1. The average molecular weight is 287 g/mol. The highest BCUT2D eigenvalue weighted by atomic mass is 32.2. The van der Waals surface area contributed by atoms with Crippen LogP contribution in [0.2, 0.25) is 0 Å². The molecule has 0 aromatic carbocycles. The minimum Gasteiger partial charge on any atom is -0.329 e. The van der Waals surface area contributed by atoms with Crippen LogP contribution in [0, 0.1) is 0 Å². The Balaban J connectivity index is 2.00. The van der Waals surface area contributed by atoms with Crippen LogP contribution in [-0.2, 0) is 0 Å². The summed E-state index contributed by atoms with van der Waals surface area (Å²) < 4.78 is 0.386. The van der Waals surface area contributed by atoms with Crippen LogP contribution < -0.4 is 5.73 Å². The Bertz CT molecular complexity index is 207. The summed E-state index contributed by atoms with van der Waals surface area (Å²) in [4.78, 5) is 2.65. The lowest BCUT2D eigenvalue weighted by molar-refractivity contribution is 0.198. The summed E-state index contributed by atoms with van der Waals surface area (Å²) in [7, 11) is 0. The molecular formula is C16H34N2S. The normalized spacial score (nSPS) is 19.7. The molecule has 0 radical (unpaired) electrons. The lowest BCUT2D eigenvalue weighted by Crippen LogP contribution is -2.46. The Morgan fingerprint density at radius 1 is 1.00 bits per heavy atom. The number of nitrogens with two attached hydrogens (primary N) is 1. The summed E-state index contributed by atoms with van der Waals surface area (Å²) in [6, 6.07) is 0. The van der Waals surface area contributed by atoms with Gasteiger partial charge >= 0.3 is 0 Å². The number of unbranched alkanes of at least 4 members (excludes halogenated alkanes) is 6. The van der Waals surface area contributed by atoms with E-state index in [-0.39, 0.29) is 0 Å². The van der Waals surface area contributed by atoms with Crippen LogP contribution in [0.1, 0.15) is 64.7 Å². The van der Waals surface area contributed by atoms with Crippen molar-refractivity contribution < 1.29 is 0 Å². The zero-order chi connectivity index (χ0) is 14.0. The van der Waals surface area contributed by atoms with Gasteiger partial charge in [-0.15, -0.1) is 0 Å². The Kier molecular flexibility index (Phi) is 9.17. The molecule has 2 nitrogen and oxygen atoms in total. The Morgan fingerprint density at radius 3 is 2.11 bits per heavy atom. The van der Waals surface area contributed by atoms with E-state index >= 15 is 0 Å². The maximum absolute atomic E-state index is 5.93. The Labute approximate surface area is 124 Å². The smallest absolute Gasteiger partial charge is 0.0303 e. The summed E-state index contributed by atoms with van der Waals surface area (Å²) in [6.45, 7) is 6.95. The minimum atomic E-state index is 0.386. The maximum atomic E-state index is 5.93. The maximum Gasteiger partial charge on any atom is 0.0303 e. The fourth-order valence-electron chi connectivity index (χ4n) is 2.97. The van der Waals surface area contributed by atoms with Crippen molar-refractivity contribution in [1.82, 2.24) is 4.90 Å². The molecule has 0 amide bonds. The second kappa shape index (κ2) is 10.1. The second-order valence-corrected chi connectivity index (χ2v) is 7.33. The van der Waals surface area contributed by atoms with Crippen LogP contribution in [0.25, 0.3) is 0 Å². The van der Waals surface area contributed by atoms with E-state index in [4.69, 9.17) is 5.73 Å². The highest BCUT2D eigenvalue weighted by Crippen LogP contribution is 2.33. The quantitative estimate of drug-likeness (QED) is 0.618. The van der Waals surface area contributed by atoms with Gasteiger partial charge in [0.1, 0.15) is 0 Å². The summed E-state index contributed by atoms with van der Waals surface area (Å²) in [5, 5.41) is 0. The molecule has 2 N–H and O–H groups in total. The van der Waals surface area contributed by atoms with Crippen molar-refractivity contribution in [2.75, 3.05) is 32.4 Å². The Morgan fingerprint density at radius 2 is 1.58 bits per heavy atom. The van der Waals surface area contributed by atoms with E-state index in [2.05, 4.69) is 18.1 Å². The van der Waals surface area contributed by atoms with Crippen LogP contribution in [-0.4, -0.2) is 42.1 Å². The van der Waals surface area contributed by atoms with E-state index in [9.17, 15) is 0 Å². The monoisotopic (exact) mass is 286 g/mol. The molecule has 1 rings (SSSR count). The van der Waals surface area contributed by atoms with E-state index in [1.165, 1.54) is 77.4 Å². The zero-order valence-electron chi connectivity index (χ0n) is 13.1. The van der Waals surface area contributed by atoms with Crippen molar-refractivity contribution in [3.05, 3.63) is 0 Å². The standard InChI is InChI=1S/C16H34N2S/c1-3-4-5-6-7-8-9-12-18-13-10-16(15-17,19-2)11-14-18/h3-15,17H2,1-2H3. The molecular weight excluding hydrogens is 252 g/mol. The van der Waals surface area contributed by atoms with Gasteiger partial charge in [0.05, 0.1) is 0 Å². The van der Waals surface area contributed by atoms with Gasteiger partial charge in [0.2, 0.25) is 0 Å². The third-order valence-corrected chi connectivity index (χ3v) is 6.09. The molecule has 1 saturated heterocycles. The van der Waals surface area contributed by atoms with Gasteiger partial charge in [0, 0.05) is 11.3 Å². The average Bonchev–Trinajstić information content (AvgIpc) is 2.47. The van der Waals surface area contributed by atoms with Crippen LogP contribution >= 0.6 is 11.8 Å². The number of rotatable bonds is 10. The van der Waals surface area contributed by atoms with Gasteiger partial charge in [-0.05, 0) is 45.2 Å². The summed E-state index contributed by atoms with van der Waals surface area (Å²) >= 11 is 1.98. The second-order valence-electron chi connectivity index (χ2n) is 6.05. The first-order valence-corrected chi connectivity index (χ1v) is 9.46. The molecule has 0 saturated carbocycles. The molecule has 0 aromatic heterocycles. The first-order chi connectivity index (χ1) is 9.26. The third-order valence-electron chi connectivity index (χ3n) is 4.65. The summed E-state index contributed by atoms with van der Waals surface area (Å²) in [5.74, 6) is 0. The molecule has 3 heteroatoms. The van der Waals surface area contributed by atoms with Crippen LogP contribution in [0.15, 0.2) is 0 Å². The summed E-state index contributed by atoms with van der Waals surface area (Å²) in [5.41, 5.74) is 5.93. The minimum absolute atomic E-state index is 0.386. The predicted molar refractivity (Wildman–Crippen MR) is 89.0 cm³/mol. The van der Waals surface area contributed by atoms with Crippen molar-refractivity contribution in [3.8, 4) is 0 Å². The zero-order valence-corrected chi connectivity index (χ0v) is 13.9. The molecule has 0 spiro atoms. The van der Waals surface area contributed by atoms with Gasteiger partial charge in [0.15, 0.2) is 0 Å². The molecule has 0 aromatic rings. The van der Waals surface area contributed by atoms with Crippen molar-refractivity contribution in [2.45, 2.75) is 69.5 Å². The number of piperidine rings is 1. The van der Waals surface area contributed by atoms with E-state index in [0.717, 1.165) is 6.54 Å². The fraction of sp³-hybridized carbons (Fsp3) is 1.00. The largest absolute Gasteiger partial charge is 0.329 e. The molecule has 1 aliphatic heterocycles. The first kappa shape index (κ1) is 17.3.